The molecule has 33 heavy (non-hydrogen) atoms. The standard InChI is InChI=1S/C26H24FN3O3/c1-4-29(25(31)18-11-5-7-13-20(18)27)17(2)24-28-21-14-8-6-12-19(21)26(32)30(24)22-15-9-10-16-23(22)33-3/h5-17H,4H2,1-3H3. The summed E-state index contributed by atoms with van der Waals surface area (Å²) >= 11 is 0. The van der Waals surface area contributed by atoms with Gasteiger partial charge in [0.2, 0.25) is 0 Å². The lowest BCUT2D eigenvalue weighted by Crippen LogP contribution is -2.37. The summed E-state index contributed by atoms with van der Waals surface area (Å²) in [5.41, 5.74) is 0.726. The SMILES string of the molecule is CCN(C(=O)c1ccccc1F)C(C)c1nc2ccccc2c(=O)n1-c1ccccc1OC. The van der Waals surface area contributed by atoms with Crippen LogP contribution in [-0.4, -0.2) is 34.0 Å². The van der Waals surface area contributed by atoms with Gasteiger partial charge >= 0.3 is 0 Å². The molecule has 4 rings (SSSR count). The minimum atomic E-state index is -0.635. The third-order valence-electron chi connectivity index (χ3n) is 5.67. The molecule has 0 aliphatic heterocycles. The van der Waals surface area contributed by atoms with Gasteiger partial charge in [-0.15, -0.1) is 0 Å². The van der Waals surface area contributed by atoms with Crippen LogP contribution in [0.2, 0.25) is 0 Å². The quantitative estimate of drug-likeness (QED) is 0.429. The molecule has 0 aliphatic carbocycles. The Morgan fingerprint density at radius 1 is 1.06 bits per heavy atom. The van der Waals surface area contributed by atoms with Crippen LogP contribution >= 0.6 is 0 Å². The van der Waals surface area contributed by atoms with E-state index in [0.29, 0.717) is 34.7 Å². The van der Waals surface area contributed by atoms with Crippen molar-refractivity contribution in [2.45, 2.75) is 19.9 Å². The number of halogens is 1. The van der Waals surface area contributed by atoms with Crippen LogP contribution in [0.3, 0.4) is 0 Å². The van der Waals surface area contributed by atoms with E-state index in [2.05, 4.69) is 0 Å². The van der Waals surface area contributed by atoms with Gasteiger partial charge < -0.3 is 9.64 Å². The molecule has 1 aromatic heterocycles. The number of aromatic nitrogens is 2. The normalized spacial score (nSPS) is 11.9. The summed E-state index contributed by atoms with van der Waals surface area (Å²) in [7, 11) is 1.53. The van der Waals surface area contributed by atoms with Gasteiger partial charge in [-0.25, -0.2) is 9.37 Å². The molecule has 6 nitrogen and oxygen atoms in total. The van der Waals surface area contributed by atoms with Crippen molar-refractivity contribution in [1.29, 1.82) is 0 Å². The number of hydrogen-bond donors (Lipinski definition) is 0. The number of amides is 1. The molecule has 0 bridgehead atoms. The number of para-hydroxylation sites is 3. The van der Waals surface area contributed by atoms with Crippen molar-refractivity contribution < 1.29 is 13.9 Å². The predicted molar refractivity (Wildman–Crippen MR) is 125 cm³/mol. The summed E-state index contributed by atoms with van der Waals surface area (Å²) in [6, 6.07) is 19.4. The minimum absolute atomic E-state index is 0.0295. The summed E-state index contributed by atoms with van der Waals surface area (Å²) in [5.74, 6) is -0.220. The molecule has 0 radical (unpaired) electrons. The first kappa shape index (κ1) is 22.2. The molecule has 7 heteroatoms. The topological polar surface area (TPSA) is 64.4 Å². The van der Waals surface area contributed by atoms with Crippen LogP contribution in [0.25, 0.3) is 16.6 Å². The number of benzene rings is 3. The van der Waals surface area contributed by atoms with Gasteiger partial charge in [0.15, 0.2) is 0 Å². The van der Waals surface area contributed by atoms with Crippen molar-refractivity contribution in [3.8, 4) is 11.4 Å². The monoisotopic (exact) mass is 445 g/mol. The zero-order chi connectivity index (χ0) is 23.5. The Morgan fingerprint density at radius 3 is 2.45 bits per heavy atom. The first-order valence-electron chi connectivity index (χ1n) is 10.7. The first-order chi connectivity index (χ1) is 16.0. The molecule has 0 aliphatic rings. The molecule has 1 atom stereocenters. The molecule has 4 aromatic rings. The Labute approximate surface area is 190 Å². The van der Waals surface area contributed by atoms with Crippen LogP contribution in [0, 0.1) is 5.82 Å². The number of fused-ring (bicyclic) bond motifs is 1. The van der Waals surface area contributed by atoms with E-state index in [-0.39, 0.29) is 11.1 Å². The van der Waals surface area contributed by atoms with Gasteiger partial charge in [0.1, 0.15) is 17.4 Å². The smallest absolute Gasteiger partial charge is 0.266 e. The molecular formula is C26H24FN3O3. The fourth-order valence-electron chi connectivity index (χ4n) is 4.00. The van der Waals surface area contributed by atoms with Gasteiger partial charge in [-0.2, -0.15) is 0 Å². The lowest BCUT2D eigenvalue weighted by Gasteiger charge is -2.30. The van der Waals surface area contributed by atoms with Crippen molar-refractivity contribution >= 4 is 16.8 Å². The summed E-state index contributed by atoms with van der Waals surface area (Å²) in [5, 5.41) is 0.447. The highest BCUT2D eigenvalue weighted by molar-refractivity contribution is 5.94. The van der Waals surface area contributed by atoms with Crippen LogP contribution in [0.4, 0.5) is 4.39 Å². The van der Waals surface area contributed by atoms with Gasteiger partial charge in [0, 0.05) is 6.54 Å². The fraction of sp³-hybridized carbons (Fsp3) is 0.192. The zero-order valence-electron chi connectivity index (χ0n) is 18.7. The highest BCUT2D eigenvalue weighted by Crippen LogP contribution is 2.28. The first-order valence-corrected chi connectivity index (χ1v) is 10.7. The number of nitrogens with zero attached hydrogens (tertiary/aromatic N) is 3. The van der Waals surface area contributed by atoms with Gasteiger partial charge in [0.05, 0.1) is 35.3 Å². The van der Waals surface area contributed by atoms with Crippen LogP contribution in [-0.2, 0) is 0 Å². The molecule has 1 unspecified atom stereocenters. The number of ether oxygens (including phenoxy) is 1. The average Bonchev–Trinajstić information content (AvgIpc) is 2.84. The van der Waals surface area contributed by atoms with E-state index in [1.165, 1.54) is 34.8 Å². The number of carbonyl (C=O) groups is 1. The Kier molecular flexibility index (Phi) is 6.22. The molecule has 1 heterocycles. The maximum atomic E-state index is 14.4. The number of methoxy groups -OCH3 is 1. The third kappa shape index (κ3) is 3.98. The average molecular weight is 445 g/mol. The van der Waals surface area contributed by atoms with Gasteiger partial charge in [-0.1, -0.05) is 36.4 Å². The van der Waals surface area contributed by atoms with Crippen molar-refractivity contribution in [3.63, 3.8) is 0 Å². The Balaban J connectivity index is 1.95. The van der Waals surface area contributed by atoms with Crippen molar-refractivity contribution in [2.24, 2.45) is 0 Å². The molecule has 168 valence electrons. The van der Waals surface area contributed by atoms with Gasteiger partial charge in [-0.05, 0) is 50.2 Å². The van der Waals surface area contributed by atoms with Crippen LogP contribution in [0.5, 0.6) is 5.75 Å². The second-order valence-electron chi connectivity index (χ2n) is 7.55. The molecular weight excluding hydrogens is 421 g/mol. The highest BCUT2D eigenvalue weighted by Gasteiger charge is 2.28. The zero-order valence-corrected chi connectivity index (χ0v) is 18.7. The molecule has 0 saturated heterocycles. The van der Waals surface area contributed by atoms with E-state index in [0.717, 1.165) is 0 Å². The number of carbonyl (C=O) groups excluding carboxylic acids is 1. The fourth-order valence-corrected chi connectivity index (χ4v) is 4.00. The van der Waals surface area contributed by atoms with E-state index in [1.807, 2.05) is 13.0 Å². The van der Waals surface area contributed by atoms with Crippen LogP contribution in [0.1, 0.15) is 36.1 Å². The van der Waals surface area contributed by atoms with Crippen molar-refractivity contribution in [2.75, 3.05) is 13.7 Å². The van der Waals surface area contributed by atoms with Crippen molar-refractivity contribution in [1.82, 2.24) is 14.5 Å². The largest absolute Gasteiger partial charge is 0.495 e. The minimum Gasteiger partial charge on any atom is -0.495 e. The van der Waals surface area contributed by atoms with Gasteiger partial charge in [0.25, 0.3) is 11.5 Å². The van der Waals surface area contributed by atoms with E-state index >= 15 is 0 Å². The van der Waals surface area contributed by atoms with Crippen LogP contribution in [0.15, 0.2) is 77.6 Å². The summed E-state index contributed by atoms with van der Waals surface area (Å²) in [6.45, 7) is 3.88. The number of hydrogen-bond acceptors (Lipinski definition) is 4. The van der Waals surface area contributed by atoms with E-state index in [9.17, 15) is 14.0 Å². The van der Waals surface area contributed by atoms with E-state index in [1.54, 1.807) is 55.5 Å². The lowest BCUT2D eigenvalue weighted by molar-refractivity contribution is 0.0688. The lowest BCUT2D eigenvalue weighted by atomic mass is 10.1. The highest BCUT2D eigenvalue weighted by atomic mass is 19.1. The Bertz CT molecular complexity index is 1380. The third-order valence-corrected chi connectivity index (χ3v) is 5.67. The number of rotatable bonds is 6. The molecule has 0 N–H and O–H groups in total. The molecule has 0 fully saturated rings. The van der Waals surface area contributed by atoms with E-state index in [4.69, 9.17) is 9.72 Å². The summed E-state index contributed by atoms with van der Waals surface area (Å²) in [6.07, 6.45) is 0. The second kappa shape index (κ2) is 9.24. The molecule has 1 amide bonds. The van der Waals surface area contributed by atoms with Gasteiger partial charge in [-0.3, -0.25) is 14.2 Å². The maximum absolute atomic E-state index is 14.4. The van der Waals surface area contributed by atoms with E-state index < -0.39 is 17.8 Å². The molecule has 0 saturated carbocycles. The Morgan fingerprint density at radius 2 is 1.73 bits per heavy atom. The van der Waals surface area contributed by atoms with Crippen molar-refractivity contribution in [3.05, 3.63) is 100 Å². The summed E-state index contributed by atoms with van der Waals surface area (Å²) in [4.78, 5) is 33.2. The van der Waals surface area contributed by atoms with Crippen LogP contribution < -0.4 is 10.3 Å². The summed E-state index contributed by atoms with van der Waals surface area (Å²) < 4.78 is 21.4. The second-order valence-corrected chi connectivity index (χ2v) is 7.55. The predicted octanol–water partition coefficient (Wildman–Crippen LogP) is 4.76. The maximum Gasteiger partial charge on any atom is 0.266 e. The Hall–Kier alpha value is -4.00. The molecule has 3 aromatic carbocycles. The molecule has 0 spiro atoms.